The molecule has 0 spiro atoms. The molecule has 0 saturated carbocycles. The lowest BCUT2D eigenvalue weighted by molar-refractivity contribution is 0.732. The van der Waals surface area contributed by atoms with Crippen LogP contribution in [0.5, 0.6) is 0 Å². The summed E-state index contributed by atoms with van der Waals surface area (Å²) in [5, 5.41) is 0. The lowest BCUT2D eigenvalue weighted by atomic mass is 10.0. The fourth-order valence-corrected chi connectivity index (χ4v) is 0.939. The maximum atomic E-state index is 4.24. The molecule has 0 bridgehead atoms. The summed E-state index contributed by atoms with van der Waals surface area (Å²) in [5.74, 6) is 0.681. The first-order valence-corrected chi connectivity index (χ1v) is 3.56. The van der Waals surface area contributed by atoms with E-state index in [1.807, 2.05) is 6.20 Å². The van der Waals surface area contributed by atoms with E-state index in [9.17, 15) is 0 Å². The quantitative estimate of drug-likeness (QED) is 0.534. The second kappa shape index (κ2) is 2.81. The zero-order valence-corrected chi connectivity index (χ0v) is 6.09. The lowest BCUT2D eigenvalue weighted by Gasteiger charge is -2.05. The van der Waals surface area contributed by atoms with Crippen LogP contribution in [0.1, 0.15) is 26.7 Å². The SMILES string of the molecule is CCC(C)C1=NC=CC1. The van der Waals surface area contributed by atoms with Gasteiger partial charge in [0.25, 0.3) is 0 Å². The van der Waals surface area contributed by atoms with Gasteiger partial charge in [-0.2, -0.15) is 0 Å². The predicted octanol–water partition coefficient (Wildman–Crippen LogP) is 2.39. The van der Waals surface area contributed by atoms with E-state index in [4.69, 9.17) is 0 Å². The molecule has 9 heavy (non-hydrogen) atoms. The Labute approximate surface area is 56.5 Å². The number of nitrogens with zero attached hydrogens (tertiary/aromatic N) is 1. The Hall–Kier alpha value is -0.590. The van der Waals surface area contributed by atoms with Crippen LogP contribution in [0, 0.1) is 5.92 Å². The maximum absolute atomic E-state index is 4.24. The van der Waals surface area contributed by atoms with Crippen LogP contribution in [0.2, 0.25) is 0 Å². The van der Waals surface area contributed by atoms with Crippen LogP contribution in [0.4, 0.5) is 0 Å². The Bertz CT molecular complexity index is 145. The zero-order chi connectivity index (χ0) is 6.69. The van der Waals surface area contributed by atoms with Crippen LogP contribution in [-0.4, -0.2) is 5.71 Å². The summed E-state index contributed by atoms with van der Waals surface area (Å²) in [6.07, 6.45) is 6.30. The van der Waals surface area contributed by atoms with Crippen molar-refractivity contribution in [1.82, 2.24) is 0 Å². The highest BCUT2D eigenvalue weighted by molar-refractivity contribution is 5.89. The largest absolute Gasteiger partial charge is 0.265 e. The second-order valence-electron chi connectivity index (χ2n) is 2.52. The first-order chi connectivity index (χ1) is 4.34. The third-order valence-electron chi connectivity index (χ3n) is 1.85. The van der Waals surface area contributed by atoms with Gasteiger partial charge >= 0.3 is 0 Å². The minimum Gasteiger partial charge on any atom is -0.265 e. The van der Waals surface area contributed by atoms with Gasteiger partial charge in [-0.05, 0) is 12.3 Å². The van der Waals surface area contributed by atoms with Gasteiger partial charge in [-0.3, -0.25) is 4.99 Å². The van der Waals surface area contributed by atoms with E-state index in [1.165, 1.54) is 12.1 Å². The molecule has 1 nitrogen and oxygen atoms in total. The second-order valence-corrected chi connectivity index (χ2v) is 2.52. The number of rotatable bonds is 2. The molecule has 0 aromatic carbocycles. The van der Waals surface area contributed by atoms with Gasteiger partial charge in [0.15, 0.2) is 0 Å². The van der Waals surface area contributed by atoms with Crippen molar-refractivity contribution in [3.05, 3.63) is 12.3 Å². The maximum Gasteiger partial charge on any atom is 0.0245 e. The molecule has 50 valence electrons. The Balaban J connectivity index is 2.45. The molecular weight excluding hydrogens is 110 g/mol. The highest BCUT2D eigenvalue weighted by Gasteiger charge is 2.07. The first kappa shape index (κ1) is 6.53. The molecular formula is C8H13N. The van der Waals surface area contributed by atoms with Crippen molar-refractivity contribution in [2.45, 2.75) is 26.7 Å². The molecule has 1 heterocycles. The highest BCUT2D eigenvalue weighted by atomic mass is 14.7. The van der Waals surface area contributed by atoms with Crippen LogP contribution in [-0.2, 0) is 0 Å². The lowest BCUT2D eigenvalue weighted by Crippen LogP contribution is -2.06. The molecule has 1 atom stereocenters. The predicted molar refractivity (Wildman–Crippen MR) is 40.6 cm³/mol. The smallest absolute Gasteiger partial charge is 0.0245 e. The Kier molecular flexibility index (Phi) is 2.04. The molecule has 1 heteroatoms. The zero-order valence-electron chi connectivity index (χ0n) is 6.09. The minimum absolute atomic E-state index is 0.681. The number of hydrogen-bond acceptors (Lipinski definition) is 1. The summed E-state index contributed by atoms with van der Waals surface area (Å²) < 4.78 is 0. The molecule has 0 radical (unpaired) electrons. The van der Waals surface area contributed by atoms with E-state index < -0.39 is 0 Å². The molecule has 1 aliphatic heterocycles. The minimum atomic E-state index is 0.681. The summed E-state index contributed by atoms with van der Waals surface area (Å²) in [6, 6.07) is 0. The van der Waals surface area contributed by atoms with Gasteiger partial charge in [0.1, 0.15) is 0 Å². The van der Waals surface area contributed by atoms with Crippen LogP contribution in [0.3, 0.4) is 0 Å². The van der Waals surface area contributed by atoms with E-state index in [2.05, 4.69) is 24.9 Å². The third kappa shape index (κ3) is 1.41. The molecule has 0 saturated heterocycles. The van der Waals surface area contributed by atoms with Crippen molar-refractivity contribution in [3.63, 3.8) is 0 Å². The third-order valence-corrected chi connectivity index (χ3v) is 1.85. The fourth-order valence-electron chi connectivity index (χ4n) is 0.939. The molecule has 0 aliphatic carbocycles. The average Bonchev–Trinajstić information content (AvgIpc) is 2.37. The van der Waals surface area contributed by atoms with E-state index in [1.54, 1.807) is 0 Å². The summed E-state index contributed by atoms with van der Waals surface area (Å²) in [6.45, 7) is 4.43. The number of allylic oxidation sites excluding steroid dienone is 1. The van der Waals surface area contributed by atoms with Gasteiger partial charge in [0, 0.05) is 18.3 Å². The van der Waals surface area contributed by atoms with Crippen LogP contribution < -0.4 is 0 Å². The van der Waals surface area contributed by atoms with Gasteiger partial charge in [0.2, 0.25) is 0 Å². The van der Waals surface area contributed by atoms with Crippen LogP contribution in [0.15, 0.2) is 17.3 Å². The fraction of sp³-hybridized carbons (Fsp3) is 0.625. The molecule has 1 aliphatic rings. The Morgan fingerprint density at radius 1 is 1.78 bits per heavy atom. The van der Waals surface area contributed by atoms with Crippen LogP contribution >= 0.6 is 0 Å². The standard InChI is InChI=1S/C8H13N/c1-3-7(2)8-5-4-6-9-8/h4,6-7H,3,5H2,1-2H3. The van der Waals surface area contributed by atoms with Crippen LogP contribution in [0.25, 0.3) is 0 Å². The van der Waals surface area contributed by atoms with Gasteiger partial charge in [0.05, 0.1) is 0 Å². The summed E-state index contributed by atoms with van der Waals surface area (Å²) in [5.41, 5.74) is 1.34. The van der Waals surface area contributed by atoms with Gasteiger partial charge in [-0.15, -0.1) is 0 Å². The summed E-state index contributed by atoms with van der Waals surface area (Å²) in [4.78, 5) is 4.24. The molecule has 0 aromatic rings. The molecule has 0 aromatic heterocycles. The Morgan fingerprint density at radius 2 is 2.56 bits per heavy atom. The van der Waals surface area contributed by atoms with E-state index in [0.717, 1.165) is 6.42 Å². The molecule has 0 N–H and O–H groups in total. The number of aliphatic imine (C=N–C) groups is 1. The molecule has 1 rings (SSSR count). The van der Waals surface area contributed by atoms with Crippen molar-refractivity contribution >= 4 is 5.71 Å². The van der Waals surface area contributed by atoms with E-state index >= 15 is 0 Å². The molecule has 0 fully saturated rings. The van der Waals surface area contributed by atoms with Gasteiger partial charge < -0.3 is 0 Å². The van der Waals surface area contributed by atoms with Crippen molar-refractivity contribution in [1.29, 1.82) is 0 Å². The topological polar surface area (TPSA) is 12.4 Å². The number of hydrogen-bond donors (Lipinski definition) is 0. The molecule has 0 amide bonds. The van der Waals surface area contributed by atoms with Crippen molar-refractivity contribution in [2.75, 3.05) is 0 Å². The first-order valence-electron chi connectivity index (χ1n) is 3.56. The average molecular weight is 123 g/mol. The summed E-state index contributed by atoms with van der Waals surface area (Å²) >= 11 is 0. The van der Waals surface area contributed by atoms with E-state index in [-0.39, 0.29) is 0 Å². The summed E-state index contributed by atoms with van der Waals surface area (Å²) in [7, 11) is 0. The van der Waals surface area contributed by atoms with E-state index in [0.29, 0.717) is 5.92 Å². The molecule has 1 unspecified atom stereocenters. The van der Waals surface area contributed by atoms with Crippen molar-refractivity contribution in [3.8, 4) is 0 Å². The highest BCUT2D eigenvalue weighted by Crippen LogP contribution is 2.11. The van der Waals surface area contributed by atoms with Gasteiger partial charge in [-0.1, -0.05) is 19.9 Å². The van der Waals surface area contributed by atoms with Gasteiger partial charge in [-0.25, -0.2) is 0 Å². The monoisotopic (exact) mass is 123 g/mol. The normalized spacial score (nSPS) is 20.0. The van der Waals surface area contributed by atoms with Crippen molar-refractivity contribution < 1.29 is 0 Å². The van der Waals surface area contributed by atoms with Crippen molar-refractivity contribution in [2.24, 2.45) is 10.9 Å². The Morgan fingerprint density at radius 3 is 3.00 bits per heavy atom.